The standard InChI is InChI=1S/C19H18N2O3/c1-14-6-2-4-8-17(14)23-10-11-24-18-9-5-3-7-15(18)12-16(13-20)19(21)22/h2-9,12H,10-11H2,1H3,(H2,21,22)/b16-12-. The molecule has 0 fully saturated rings. The second-order valence-corrected chi connectivity index (χ2v) is 5.03. The zero-order valence-electron chi connectivity index (χ0n) is 13.4. The van der Waals surface area contributed by atoms with Crippen molar-refractivity contribution in [2.24, 2.45) is 5.73 Å². The quantitative estimate of drug-likeness (QED) is 0.482. The average Bonchev–Trinajstić information content (AvgIpc) is 2.58. The van der Waals surface area contributed by atoms with Crippen LogP contribution in [-0.4, -0.2) is 19.1 Å². The second kappa shape index (κ2) is 8.39. The fourth-order valence-electron chi connectivity index (χ4n) is 2.07. The Labute approximate surface area is 140 Å². The predicted molar refractivity (Wildman–Crippen MR) is 91.4 cm³/mol. The molecule has 0 unspecified atom stereocenters. The number of hydrogen-bond donors (Lipinski definition) is 1. The number of amides is 1. The van der Waals surface area contributed by atoms with Gasteiger partial charge in [0.2, 0.25) is 0 Å². The Hall–Kier alpha value is -3.26. The molecule has 2 aromatic carbocycles. The summed E-state index contributed by atoms with van der Waals surface area (Å²) in [5, 5.41) is 8.93. The van der Waals surface area contributed by atoms with Gasteiger partial charge in [0.15, 0.2) is 0 Å². The number of aryl methyl sites for hydroxylation is 1. The highest BCUT2D eigenvalue weighted by Gasteiger charge is 2.07. The van der Waals surface area contributed by atoms with E-state index in [4.69, 9.17) is 20.5 Å². The number of rotatable bonds is 7. The fraction of sp³-hybridized carbons (Fsp3) is 0.158. The molecule has 5 heteroatoms. The molecule has 0 heterocycles. The first-order valence-corrected chi connectivity index (χ1v) is 7.43. The van der Waals surface area contributed by atoms with Crippen LogP contribution in [0.5, 0.6) is 11.5 Å². The first kappa shape index (κ1) is 17.1. The third-order valence-electron chi connectivity index (χ3n) is 3.30. The summed E-state index contributed by atoms with van der Waals surface area (Å²) in [6, 6.07) is 16.6. The number of carbonyl (C=O) groups is 1. The summed E-state index contributed by atoms with van der Waals surface area (Å²) in [6.07, 6.45) is 1.42. The van der Waals surface area contributed by atoms with E-state index >= 15 is 0 Å². The van der Waals surface area contributed by atoms with Gasteiger partial charge in [-0.2, -0.15) is 5.26 Å². The van der Waals surface area contributed by atoms with E-state index in [0.29, 0.717) is 24.5 Å². The van der Waals surface area contributed by atoms with Gasteiger partial charge in [-0.15, -0.1) is 0 Å². The van der Waals surface area contributed by atoms with E-state index in [2.05, 4.69) is 0 Å². The molecule has 0 aromatic heterocycles. The van der Waals surface area contributed by atoms with Crippen LogP contribution in [0.1, 0.15) is 11.1 Å². The first-order valence-electron chi connectivity index (χ1n) is 7.43. The second-order valence-electron chi connectivity index (χ2n) is 5.03. The molecular weight excluding hydrogens is 304 g/mol. The molecule has 0 saturated heterocycles. The molecule has 2 rings (SSSR count). The molecule has 0 saturated carbocycles. The van der Waals surface area contributed by atoms with Crippen molar-refractivity contribution in [3.05, 3.63) is 65.2 Å². The molecule has 2 N–H and O–H groups in total. The van der Waals surface area contributed by atoms with Crippen LogP contribution in [0, 0.1) is 18.3 Å². The third kappa shape index (κ3) is 4.62. The van der Waals surface area contributed by atoms with Gasteiger partial charge < -0.3 is 15.2 Å². The molecule has 0 atom stereocenters. The third-order valence-corrected chi connectivity index (χ3v) is 3.30. The first-order chi connectivity index (χ1) is 11.6. The van der Waals surface area contributed by atoms with Crippen molar-refractivity contribution >= 4 is 12.0 Å². The highest BCUT2D eigenvalue weighted by Crippen LogP contribution is 2.21. The Morgan fingerprint density at radius 3 is 2.29 bits per heavy atom. The summed E-state index contributed by atoms with van der Waals surface area (Å²) < 4.78 is 11.4. The predicted octanol–water partition coefficient (Wildman–Crippen LogP) is 2.85. The molecule has 0 radical (unpaired) electrons. The number of benzene rings is 2. The lowest BCUT2D eigenvalue weighted by molar-refractivity contribution is -0.114. The van der Waals surface area contributed by atoms with Gasteiger partial charge in [-0.05, 0) is 30.7 Å². The molecule has 0 aliphatic heterocycles. The summed E-state index contributed by atoms with van der Waals surface area (Å²) in [4.78, 5) is 11.2. The lowest BCUT2D eigenvalue weighted by Crippen LogP contribution is -2.13. The van der Waals surface area contributed by atoms with Gasteiger partial charge >= 0.3 is 0 Å². The molecule has 0 bridgehead atoms. The normalized spacial score (nSPS) is 10.8. The van der Waals surface area contributed by atoms with Crippen LogP contribution in [0.4, 0.5) is 0 Å². The Morgan fingerprint density at radius 1 is 1.08 bits per heavy atom. The number of nitrogens with two attached hydrogens (primary N) is 1. The highest BCUT2D eigenvalue weighted by molar-refractivity contribution is 6.00. The number of para-hydroxylation sites is 2. The molecule has 1 amide bonds. The van der Waals surface area contributed by atoms with Crippen molar-refractivity contribution < 1.29 is 14.3 Å². The van der Waals surface area contributed by atoms with Crippen LogP contribution in [-0.2, 0) is 4.79 Å². The van der Waals surface area contributed by atoms with Crippen LogP contribution in [0.15, 0.2) is 54.1 Å². The summed E-state index contributed by atoms with van der Waals surface area (Å²) in [6.45, 7) is 2.69. The monoisotopic (exact) mass is 322 g/mol. The van der Waals surface area contributed by atoms with Crippen LogP contribution in [0.3, 0.4) is 0 Å². The van der Waals surface area contributed by atoms with Crippen LogP contribution in [0.2, 0.25) is 0 Å². The maximum atomic E-state index is 11.2. The Balaban J connectivity index is 2.00. The Kier molecular flexibility index (Phi) is 5.98. The van der Waals surface area contributed by atoms with Crippen molar-refractivity contribution in [2.75, 3.05) is 13.2 Å². The molecule has 5 nitrogen and oxygen atoms in total. The molecular formula is C19H18N2O3. The van der Waals surface area contributed by atoms with Crippen molar-refractivity contribution in [3.8, 4) is 17.6 Å². The molecule has 0 aliphatic rings. The van der Waals surface area contributed by atoms with E-state index in [1.807, 2.05) is 37.3 Å². The molecule has 2 aromatic rings. The number of nitriles is 1. The maximum Gasteiger partial charge on any atom is 0.259 e. The van der Waals surface area contributed by atoms with Gasteiger partial charge in [0.25, 0.3) is 5.91 Å². The number of carbonyl (C=O) groups excluding carboxylic acids is 1. The summed E-state index contributed by atoms with van der Waals surface area (Å²) in [5.74, 6) is 0.602. The van der Waals surface area contributed by atoms with E-state index in [1.54, 1.807) is 24.3 Å². The minimum atomic E-state index is -0.768. The van der Waals surface area contributed by atoms with Crippen molar-refractivity contribution in [1.29, 1.82) is 5.26 Å². The molecule has 122 valence electrons. The van der Waals surface area contributed by atoms with Crippen molar-refractivity contribution in [1.82, 2.24) is 0 Å². The van der Waals surface area contributed by atoms with Gasteiger partial charge in [-0.25, -0.2) is 0 Å². The van der Waals surface area contributed by atoms with Gasteiger partial charge in [0.05, 0.1) is 0 Å². The topological polar surface area (TPSA) is 85.3 Å². The number of hydrogen-bond acceptors (Lipinski definition) is 4. The maximum absolute atomic E-state index is 11.2. The minimum Gasteiger partial charge on any atom is -0.490 e. The van der Waals surface area contributed by atoms with Crippen molar-refractivity contribution in [2.45, 2.75) is 6.92 Å². The van der Waals surface area contributed by atoms with Crippen LogP contribution in [0.25, 0.3) is 6.08 Å². The van der Waals surface area contributed by atoms with E-state index in [0.717, 1.165) is 11.3 Å². The molecule has 0 aliphatic carbocycles. The minimum absolute atomic E-state index is 0.123. The lowest BCUT2D eigenvalue weighted by atomic mass is 10.1. The Bertz CT molecular complexity index is 791. The average molecular weight is 322 g/mol. The smallest absolute Gasteiger partial charge is 0.259 e. The van der Waals surface area contributed by atoms with E-state index in [-0.39, 0.29) is 5.57 Å². The largest absolute Gasteiger partial charge is 0.490 e. The Morgan fingerprint density at radius 2 is 1.67 bits per heavy atom. The summed E-state index contributed by atoms with van der Waals surface area (Å²) in [5.41, 5.74) is 6.70. The van der Waals surface area contributed by atoms with Crippen molar-refractivity contribution in [3.63, 3.8) is 0 Å². The van der Waals surface area contributed by atoms with Gasteiger partial charge in [-0.1, -0.05) is 36.4 Å². The number of ether oxygens (including phenoxy) is 2. The molecule has 24 heavy (non-hydrogen) atoms. The zero-order valence-corrected chi connectivity index (χ0v) is 13.4. The van der Waals surface area contributed by atoms with E-state index < -0.39 is 5.91 Å². The zero-order chi connectivity index (χ0) is 17.4. The SMILES string of the molecule is Cc1ccccc1OCCOc1ccccc1/C=C(/C#N)C(N)=O. The molecule has 0 spiro atoms. The number of nitrogens with zero attached hydrogens (tertiary/aromatic N) is 1. The summed E-state index contributed by atoms with van der Waals surface area (Å²) >= 11 is 0. The van der Waals surface area contributed by atoms with Gasteiger partial charge in [0, 0.05) is 5.56 Å². The number of primary amides is 1. The van der Waals surface area contributed by atoms with Gasteiger partial charge in [-0.3, -0.25) is 4.79 Å². The van der Waals surface area contributed by atoms with E-state index in [9.17, 15) is 4.79 Å². The lowest BCUT2D eigenvalue weighted by Gasteiger charge is -2.11. The fourth-order valence-corrected chi connectivity index (χ4v) is 2.07. The van der Waals surface area contributed by atoms with Crippen LogP contribution < -0.4 is 15.2 Å². The van der Waals surface area contributed by atoms with Crippen LogP contribution >= 0.6 is 0 Å². The van der Waals surface area contributed by atoms with E-state index in [1.165, 1.54) is 6.08 Å². The summed E-state index contributed by atoms with van der Waals surface area (Å²) in [7, 11) is 0. The van der Waals surface area contributed by atoms with Gasteiger partial charge in [0.1, 0.15) is 36.4 Å². The highest BCUT2D eigenvalue weighted by atomic mass is 16.5.